The van der Waals surface area contributed by atoms with Gasteiger partial charge in [0.05, 0.1) is 31.3 Å². The van der Waals surface area contributed by atoms with Gasteiger partial charge in [-0.15, -0.1) is 0 Å². The Balaban J connectivity index is 2.19. The highest BCUT2D eigenvalue weighted by atomic mass is 16.5. The predicted molar refractivity (Wildman–Crippen MR) is 128 cm³/mol. The van der Waals surface area contributed by atoms with Gasteiger partial charge in [-0.05, 0) is 45.6 Å². The highest BCUT2D eigenvalue weighted by molar-refractivity contribution is 6.12. The summed E-state index contributed by atoms with van der Waals surface area (Å²) in [5, 5.41) is 3.28. The maximum absolute atomic E-state index is 13.8. The van der Waals surface area contributed by atoms with Crippen LogP contribution in [-0.2, 0) is 23.9 Å². The van der Waals surface area contributed by atoms with Crippen LogP contribution in [0.4, 0.5) is 0 Å². The number of carbonyl (C=O) groups is 3. The van der Waals surface area contributed by atoms with Gasteiger partial charge in [-0.1, -0.05) is 38.5 Å². The monoisotopic (exact) mass is 469 g/mol. The van der Waals surface area contributed by atoms with E-state index in [-0.39, 0.29) is 17.8 Å². The molecule has 0 aromatic heterocycles. The Kier molecular flexibility index (Phi) is 8.18. The number of dihydropyridines is 1. The Morgan fingerprint density at radius 1 is 1.21 bits per heavy atom. The van der Waals surface area contributed by atoms with E-state index in [9.17, 15) is 14.4 Å². The number of hydrogen-bond donors (Lipinski definition) is 1. The quantitative estimate of drug-likeness (QED) is 0.342. The topological polar surface area (TPSA) is 90.9 Å². The third-order valence-corrected chi connectivity index (χ3v) is 6.29. The predicted octanol–water partition coefficient (Wildman–Crippen LogP) is 4.43. The van der Waals surface area contributed by atoms with E-state index in [0.717, 1.165) is 18.5 Å². The number of esters is 2. The number of nitrogens with one attached hydrogen (secondary N) is 1. The summed E-state index contributed by atoms with van der Waals surface area (Å²) in [5.74, 6) is -2.66. The van der Waals surface area contributed by atoms with Crippen molar-refractivity contribution in [2.24, 2.45) is 11.8 Å². The maximum atomic E-state index is 13.8. The summed E-state index contributed by atoms with van der Waals surface area (Å²) in [6, 6.07) is 7.45. The van der Waals surface area contributed by atoms with Gasteiger partial charge in [0.2, 0.25) is 0 Å². The molecule has 0 radical (unpaired) electrons. The first-order chi connectivity index (χ1) is 16.2. The summed E-state index contributed by atoms with van der Waals surface area (Å²) in [4.78, 5) is 39.7. The number of unbranched alkanes of at least 4 members (excludes halogenated alkanes) is 1. The Hall–Kier alpha value is -3.09. The number of ether oxygens (including phenoxy) is 3. The van der Waals surface area contributed by atoms with Gasteiger partial charge in [0.25, 0.3) is 0 Å². The molecule has 7 heteroatoms. The zero-order valence-electron chi connectivity index (χ0n) is 20.9. The zero-order chi connectivity index (χ0) is 25.0. The summed E-state index contributed by atoms with van der Waals surface area (Å²) in [7, 11) is 1.29. The molecule has 0 amide bonds. The van der Waals surface area contributed by atoms with Crippen LogP contribution in [0.1, 0.15) is 65.4 Å². The summed E-state index contributed by atoms with van der Waals surface area (Å²) in [5.41, 5.74) is 2.82. The van der Waals surface area contributed by atoms with Crippen LogP contribution in [0.15, 0.2) is 46.8 Å². The molecular formula is C27H35NO6. The number of carbonyl (C=O) groups excluding carboxylic acids is 3. The van der Waals surface area contributed by atoms with Crippen molar-refractivity contribution in [1.29, 1.82) is 0 Å². The van der Waals surface area contributed by atoms with Crippen LogP contribution >= 0.6 is 0 Å². The van der Waals surface area contributed by atoms with Crippen LogP contribution < -0.4 is 10.1 Å². The first kappa shape index (κ1) is 25.5. The number of allylic oxidation sites excluding steroid dienone is 3. The van der Waals surface area contributed by atoms with Crippen LogP contribution in [0.25, 0.3) is 0 Å². The number of methoxy groups -OCH3 is 1. The van der Waals surface area contributed by atoms with Crippen molar-refractivity contribution in [1.82, 2.24) is 5.32 Å². The molecule has 1 aliphatic carbocycles. The van der Waals surface area contributed by atoms with Crippen LogP contribution in [0.5, 0.6) is 5.75 Å². The highest BCUT2D eigenvalue weighted by Crippen LogP contribution is 2.47. The Morgan fingerprint density at radius 3 is 2.56 bits per heavy atom. The van der Waals surface area contributed by atoms with Crippen molar-refractivity contribution in [3.8, 4) is 5.75 Å². The van der Waals surface area contributed by atoms with Crippen molar-refractivity contribution in [2.45, 2.75) is 65.9 Å². The van der Waals surface area contributed by atoms with Crippen molar-refractivity contribution in [2.75, 3.05) is 13.7 Å². The SMILES string of the molecule is CCCCOc1ccccc1[C@@H]1C(C(=O)OC(C)C)=C(C)NC2=C1C(=O)[C@H](C(=O)OC)[C@@H](C)C2. The third-order valence-electron chi connectivity index (χ3n) is 6.29. The van der Waals surface area contributed by atoms with E-state index in [1.807, 2.05) is 38.1 Å². The van der Waals surface area contributed by atoms with Crippen LogP contribution in [0, 0.1) is 11.8 Å². The fourth-order valence-electron chi connectivity index (χ4n) is 4.72. The van der Waals surface area contributed by atoms with Crippen LogP contribution in [-0.4, -0.2) is 37.5 Å². The first-order valence-electron chi connectivity index (χ1n) is 12.0. The molecule has 34 heavy (non-hydrogen) atoms. The second-order valence-electron chi connectivity index (χ2n) is 9.23. The van der Waals surface area contributed by atoms with Gasteiger partial charge in [0.15, 0.2) is 5.78 Å². The first-order valence-corrected chi connectivity index (χ1v) is 12.0. The highest BCUT2D eigenvalue weighted by Gasteiger charge is 2.47. The zero-order valence-corrected chi connectivity index (χ0v) is 20.9. The van der Waals surface area contributed by atoms with Gasteiger partial charge in [-0.25, -0.2) is 4.79 Å². The van der Waals surface area contributed by atoms with Crippen molar-refractivity contribution in [3.63, 3.8) is 0 Å². The number of hydrogen-bond acceptors (Lipinski definition) is 7. The lowest BCUT2D eigenvalue weighted by Gasteiger charge is -2.38. The summed E-state index contributed by atoms with van der Waals surface area (Å²) >= 11 is 0. The molecule has 0 fully saturated rings. The van der Waals surface area contributed by atoms with Gasteiger partial charge in [-0.3, -0.25) is 9.59 Å². The van der Waals surface area contributed by atoms with Gasteiger partial charge >= 0.3 is 11.9 Å². The molecule has 0 bridgehead atoms. The molecule has 0 unspecified atom stereocenters. The average molecular weight is 470 g/mol. The molecule has 7 nitrogen and oxygen atoms in total. The summed E-state index contributed by atoms with van der Waals surface area (Å²) < 4.78 is 16.6. The van der Waals surface area contributed by atoms with Crippen LogP contribution in [0.3, 0.4) is 0 Å². The van der Waals surface area contributed by atoms with Gasteiger partial charge in [0.1, 0.15) is 11.7 Å². The lowest BCUT2D eigenvalue weighted by Crippen LogP contribution is -2.43. The fourth-order valence-corrected chi connectivity index (χ4v) is 4.72. The van der Waals surface area contributed by atoms with Gasteiger partial charge < -0.3 is 19.5 Å². The molecule has 1 aromatic rings. The molecule has 2 aliphatic rings. The number of rotatable bonds is 8. The molecular weight excluding hydrogens is 434 g/mol. The number of ketones is 1. The third kappa shape index (κ3) is 5.03. The molecule has 0 saturated carbocycles. The summed E-state index contributed by atoms with van der Waals surface area (Å²) in [6.45, 7) is 9.85. The Bertz CT molecular complexity index is 1020. The standard InChI is InChI=1S/C27H35NO6/c1-7-8-13-33-20-12-10-9-11-18(20)23-22(27(31)34-15(2)3)17(5)28-19-14-16(4)21(26(30)32-6)25(29)24(19)23/h9-12,15-16,21,23,28H,7-8,13-14H2,1-6H3/t16-,21+,23+/m0/s1. The van der Waals surface area contributed by atoms with E-state index in [1.165, 1.54) is 7.11 Å². The van der Waals surface area contributed by atoms with E-state index >= 15 is 0 Å². The number of benzene rings is 1. The lowest BCUT2D eigenvalue weighted by molar-refractivity contribution is -0.151. The number of Topliss-reactive ketones (excluding diaryl/α,β-unsaturated/α-hetero) is 1. The van der Waals surface area contributed by atoms with Crippen molar-refractivity contribution in [3.05, 3.63) is 52.4 Å². The fraction of sp³-hybridized carbons (Fsp3) is 0.519. The normalized spacial score (nSPS) is 22.3. The minimum atomic E-state index is -0.929. The van der Waals surface area contributed by atoms with E-state index in [0.29, 0.717) is 41.2 Å². The molecule has 3 rings (SSSR count). The summed E-state index contributed by atoms with van der Waals surface area (Å²) in [6.07, 6.45) is 2.02. The Morgan fingerprint density at radius 2 is 1.91 bits per heavy atom. The minimum Gasteiger partial charge on any atom is -0.493 e. The smallest absolute Gasteiger partial charge is 0.337 e. The molecule has 1 aromatic carbocycles. The lowest BCUT2D eigenvalue weighted by atomic mass is 9.69. The van der Waals surface area contributed by atoms with E-state index in [2.05, 4.69) is 12.2 Å². The molecule has 0 saturated heterocycles. The molecule has 1 aliphatic heterocycles. The van der Waals surface area contributed by atoms with E-state index in [4.69, 9.17) is 14.2 Å². The van der Waals surface area contributed by atoms with Gasteiger partial charge in [-0.2, -0.15) is 0 Å². The molecule has 1 N–H and O–H groups in total. The van der Waals surface area contributed by atoms with Crippen molar-refractivity contribution < 1.29 is 28.6 Å². The van der Waals surface area contributed by atoms with Crippen LogP contribution in [0.2, 0.25) is 0 Å². The molecule has 0 spiro atoms. The van der Waals surface area contributed by atoms with Crippen molar-refractivity contribution >= 4 is 17.7 Å². The molecule has 184 valence electrons. The van der Waals surface area contributed by atoms with Gasteiger partial charge in [0, 0.05) is 22.5 Å². The van der Waals surface area contributed by atoms with E-state index in [1.54, 1.807) is 13.8 Å². The van der Waals surface area contributed by atoms with E-state index < -0.39 is 23.8 Å². The number of para-hydroxylation sites is 1. The average Bonchev–Trinajstić information content (AvgIpc) is 2.77. The molecule has 1 heterocycles. The molecule has 3 atom stereocenters. The largest absolute Gasteiger partial charge is 0.493 e. The second kappa shape index (κ2) is 10.9. The minimum absolute atomic E-state index is 0.236. The maximum Gasteiger partial charge on any atom is 0.337 e. The Labute approximate surface area is 201 Å². The second-order valence-corrected chi connectivity index (χ2v) is 9.23.